The van der Waals surface area contributed by atoms with Crippen molar-refractivity contribution in [1.29, 1.82) is 0 Å². The Hall–Kier alpha value is -1.06. The molecule has 0 bridgehead atoms. The van der Waals surface area contributed by atoms with Crippen LogP contribution in [-0.2, 0) is 0 Å². The van der Waals surface area contributed by atoms with Crippen LogP contribution >= 0.6 is 0 Å². The number of β-amino-alcohol motifs (C(OH)–C–C–N with tert-alkyl or cyclic N) is 1. The molecule has 1 aromatic rings. The van der Waals surface area contributed by atoms with E-state index in [1.165, 1.54) is 11.3 Å². The second kappa shape index (κ2) is 6.59. The van der Waals surface area contributed by atoms with Gasteiger partial charge in [-0.25, -0.2) is 0 Å². The fraction of sp³-hybridized carbons (Fsp3) is 0.647. The summed E-state index contributed by atoms with van der Waals surface area (Å²) in [5.74, 6) is 0. The number of piperidine rings is 1. The van der Waals surface area contributed by atoms with Crippen LogP contribution < -0.4 is 10.2 Å². The SMILES string of the molecule is CCNC(CC)c1ccc(N2CCCC(C)(O)C2)cc1. The number of hydrogen-bond acceptors (Lipinski definition) is 3. The molecule has 0 radical (unpaired) electrons. The number of nitrogens with zero attached hydrogens (tertiary/aromatic N) is 1. The Morgan fingerprint density at radius 3 is 2.55 bits per heavy atom. The Kier molecular flexibility index (Phi) is 5.06. The van der Waals surface area contributed by atoms with Gasteiger partial charge in [0.1, 0.15) is 0 Å². The van der Waals surface area contributed by atoms with Gasteiger partial charge in [0.15, 0.2) is 0 Å². The van der Waals surface area contributed by atoms with Crippen molar-refractivity contribution in [1.82, 2.24) is 5.32 Å². The van der Waals surface area contributed by atoms with E-state index >= 15 is 0 Å². The standard InChI is InChI=1S/C17H28N2O/c1-4-16(18-5-2)14-7-9-15(10-8-14)19-12-6-11-17(3,20)13-19/h7-10,16,18,20H,4-6,11-13H2,1-3H3. The highest BCUT2D eigenvalue weighted by Crippen LogP contribution is 2.27. The van der Waals surface area contributed by atoms with E-state index in [9.17, 15) is 5.11 Å². The lowest BCUT2D eigenvalue weighted by Crippen LogP contribution is -2.46. The van der Waals surface area contributed by atoms with Gasteiger partial charge in [-0.05, 0) is 50.4 Å². The third kappa shape index (κ3) is 3.74. The van der Waals surface area contributed by atoms with Crippen molar-refractivity contribution in [3.05, 3.63) is 29.8 Å². The zero-order valence-corrected chi connectivity index (χ0v) is 13.0. The minimum Gasteiger partial charge on any atom is -0.388 e. The fourth-order valence-electron chi connectivity index (χ4n) is 3.10. The lowest BCUT2D eigenvalue weighted by Gasteiger charge is -2.38. The summed E-state index contributed by atoms with van der Waals surface area (Å²) < 4.78 is 0. The van der Waals surface area contributed by atoms with Crippen molar-refractivity contribution < 1.29 is 5.11 Å². The third-order valence-corrected chi connectivity index (χ3v) is 4.19. The van der Waals surface area contributed by atoms with Crippen LogP contribution in [0.4, 0.5) is 5.69 Å². The molecule has 1 heterocycles. The van der Waals surface area contributed by atoms with Crippen LogP contribution in [0, 0.1) is 0 Å². The summed E-state index contributed by atoms with van der Waals surface area (Å²) in [6, 6.07) is 9.26. The molecule has 2 unspecified atom stereocenters. The maximum atomic E-state index is 10.2. The number of nitrogens with one attached hydrogen (secondary N) is 1. The van der Waals surface area contributed by atoms with Gasteiger partial charge in [-0.2, -0.15) is 0 Å². The molecule has 1 fully saturated rings. The van der Waals surface area contributed by atoms with Crippen molar-refractivity contribution in [2.45, 2.75) is 51.7 Å². The predicted molar refractivity (Wildman–Crippen MR) is 85.2 cm³/mol. The van der Waals surface area contributed by atoms with Crippen molar-refractivity contribution in [2.75, 3.05) is 24.5 Å². The molecule has 0 spiro atoms. The highest BCUT2D eigenvalue weighted by Gasteiger charge is 2.28. The molecular formula is C17H28N2O. The molecule has 0 amide bonds. The first kappa shape index (κ1) is 15.3. The van der Waals surface area contributed by atoms with E-state index in [0.717, 1.165) is 38.9 Å². The van der Waals surface area contributed by atoms with Crippen LogP contribution in [0.25, 0.3) is 0 Å². The molecule has 3 heteroatoms. The second-order valence-corrected chi connectivity index (χ2v) is 6.13. The van der Waals surface area contributed by atoms with Gasteiger partial charge >= 0.3 is 0 Å². The number of benzene rings is 1. The Morgan fingerprint density at radius 1 is 1.30 bits per heavy atom. The van der Waals surface area contributed by atoms with E-state index in [1.54, 1.807) is 0 Å². The minimum atomic E-state index is -0.549. The highest BCUT2D eigenvalue weighted by molar-refractivity contribution is 5.49. The smallest absolute Gasteiger partial charge is 0.0794 e. The normalized spacial score (nSPS) is 24.7. The van der Waals surface area contributed by atoms with Gasteiger partial charge in [0, 0.05) is 24.8 Å². The zero-order valence-electron chi connectivity index (χ0n) is 13.0. The van der Waals surface area contributed by atoms with Gasteiger partial charge in [-0.1, -0.05) is 26.0 Å². The minimum absolute atomic E-state index is 0.443. The summed E-state index contributed by atoms with van der Waals surface area (Å²) in [7, 11) is 0. The summed E-state index contributed by atoms with van der Waals surface area (Å²) >= 11 is 0. The van der Waals surface area contributed by atoms with E-state index in [2.05, 4.69) is 48.3 Å². The van der Waals surface area contributed by atoms with E-state index in [0.29, 0.717) is 6.04 Å². The molecule has 1 saturated heterocycles. The van der Waals surface area contributed by atoms with E-state index in [4.69, 9.17) is 0 Å². The molecule has 2 N–H and O–H groups in total. The highest BCUT2D eigenvalue weighted by atomic mass is 16.3. The average molecular weight is 276 g/mol. The van der Waals surface area contributed by atoms with Gasteiger partial charge in [0.2, 0.25) is 0 Å². The molecule has 0 aromatic heterocycles. The molecule has 1 aliphatic rings. The molecule has 3 nitrogen and oxygen atoms in total. The summed E-state index contributed by atoms with van der Waals surface area (Å²) in [6.45, 7) is 9.06. The molecule has 112 valence electrons. The van der Waals surface area contributed by atoms with Crippen molar-refractivity contribution >= 4 is 5.69 Å². The molecule has 2 atom stereocenters. The summed E-state index contributed by atoms with van der Waals surface area (Å²) in [6.07, 6.45) is 3.06. The van der Waals surface area contributed by atoms with Crippen LogP contribution in [0.5, 0.6) is 0 Å². The first-order valence-corrected chi connectivity index (χ1v) is 7.86. The number of aliphatic hydroxyl groups is 1. The van der Waals surface area contributed by atoms with Crippen LogP contribution in [0.15, 0.2) is 24.3 Å². The number of rotatable bonds is 5. The summed E-state index contributed by atoms with van der Waals surface area (Å²) in [5, 5.41) is 13.7. The van der Waals surface area contributed by atoms with Gasteiger partial charge in [-0.15, -0.1) is 0 Å². The summed E-state index contributed by atoms with van der Waals surface area (Å²) in [5.41, 5.74) is 2.02. The molecule has 2 rings (SSSR count). The fourth-order valence-corrected chi connectivity index (χ4v) is 3.10. The predicted octanol–water partition coefficient (Wildman–Crippen LogP) is 3.10. The van der Waals surface area contributed by atoms with Crippen LogP contribution in [-0.4, -0.2) is 30.3 Å². The first-order chi connectivity index (χ1) is 9.55. The molecule has 20 heavy (non-hydrogen) atoms. The summed E-state index contributed by atoms with van der Waals surface area (Å²) in [4.78, 5) is 2.29. The molecule has 0 aliphatic carbocycles. The quantitative estimate of drug-likeness (QED) is 0.867. The Labute approximate surface area is 123 Å². The molecule has 1 aromatic carbocycles. The van der Waals surface area contributed by atoms with E-state index in [1.807, 2.05) is 6.92 Å². The van der Waals surface area contributed by atoms with Crippen molar-refractivity contribution in [2.24, 2.45) is 0 Å². The largest absolute Gasteiger partial charge is 0.388 e. The van der Waals surface area contributed by atoms with Crippen LogP contribution in [0.3, 0.4) is 0 Å². The molecule has 1 aliphatic heterocycles. The molecular weight excluding hydrogens is 248 g/mol. The average Bonchev–Trinajstić information content (AvgIpc) is 2.44. The zero-order chi connectivity index (χ0) is 14.6. The maximum Gasteiger partial charge on any atom is 0.0794 e. The van der Waals surface area contributed by atoms with Gasteiger partial charge in [0.05, 0.1) is 5.60 Å². The van der Waals surface area contributed by atoms with Crippen LogP contribution in [0.2, 0.25) is 0 Å². The Morgan fingerprint density at radius 2 is 2.00 bits per heavy atom. The van der Waals surface area contributed by atoms with Crippen molar-refractivity contribution in [3.8, 4) is 0 Å². The lowest BCUT2D eigenvalue weighted by molar-refractivity contribution is 0.0449. The topological polar surface area (TPSA) is 35.5 Å². The van der Waals surface area contributed by atoms with E-state index in [-0.39, 0.29) is 0 Å². The lowest BCUT2D eigenvalue weighted by atomic mass is 9.94. The third-order valence-electron chi connectivity index (χ3n) is 4.19. The van der Waals surface area contributed by atoms with E-state index < -0.39 is 5.60 Å². The first-order valence-electron chi connectivity index (χ1n) is 7.86. The second-order valence-electron chi connectivity index (χ2n) is 6.13. The maximum absolute atomic E-state index is 10.2. The van der Waals surface area contributed by atoms with Crippen molar-refractivity contribution in [3.63, 3.8) is 0 Å². The monoisotopic (exact) mass is 276 g/mol. The Balaban J connectivity index is 2.07. The van der Waals surface area contributed by atoms with Crippen LogP contribution in [0.1, 0.15) is 51.6 Å². The van der Waals surface area contributed by atoms with Gasteiger partial charge in [-0.3, -0.25) is 0 Å². The number of anilines is 1. The van der Waals surface area contributed by atoms with Gasteiger partial charge < -0.3 is 15.3 Å². The molecule has 0 saturated carbocycles. The van der Waals surface area contributed by atoms with Gasteiger partial charge in [0.25, 0.3) is 0 Å². The number of hydrogen-bond donors (Lipinski definition) is 2. The Bertz CT molecular complexity index is 414.